The van der Waals surface area contributed by atoms with Crippen LogP contribution < -0.4 is 5.32 Å². The zero-order valence-electron chi connectivity index (χ0n) is 12.4. The Hall–Kier alpha value is -2.78. The van der Waals surface area contributed by atoms with Gasteiger partial charge in [0.25, 0.3) is 15.9 Å². The predicted octanol–water partition coefficient (Wildman–Crippen LogP) is 2.56. The fourth-order valence-corrected chi connectivity index (χ4v) is 3.42. The average molecular weight is 381 g/mol. The SMILES string of the molecule is O=C(Nc1cnn(S(=O)(=O)c2cccc(Cl)c2F)c1)c1ccccn1. The highest BCUT2D eigenvalue weighted by Gasteiger charge is 2.24. The normalized spacial score (nSPS) is 11.3. The molecule has 3 rings (SSSR count). The first-order valence-corrected chi connectivity index (χ1v) is 8.68. The molecule has 2 aromatic heterocycles. The molecule has 0 unspecified atom stereocenters. The number of pyridine rings is 1. The number of hydrogen-bond donors (Lipinski definition) is 1. The van der Waals surface area contributed by atoms with Gasteiger partial charge in [-0.3, -0.25) is 9.78 Å². The van der Waals surface area contributed by atoms with Crippen LogP contribution in [0.3, 0.4) is 0 Å². The van der Waals surface area contributed by atoms with Gasteiger partial charge in [0.2, 0.25) is 0 Å². The van der Waals surface area contributed by atoms with Crippen LogP contribution in [0.2, 0.25) is 5.02 Å². The summed E-state index contributed by atoms with van der Waals surface area (Å²) < 4.78 is 39.4. The molecule has 0 saturated heterocycles. The van der Waals surface area contributed by atoms with Crippen LogP contribution in [-0.2, 0) is 10.0 Å². The van der Waals surface area contributed by atoms with Gasteiger partial charge in [0, 0.05) is 6.20 Å². The monoisotopic (exact) mass is 380 g/mol. The average Bonchev–Trinajstić information content (AvgIpc) is 3.07. The molecule has 0 aliphatic heterocycles. The summed E-state index contributed by atoms with van der Waals surface area (Å²) in [6.07, 6.45) is 3.63. The van der Waals surface area contributed by atoms with Crippen molar-refractivity contribution >= 4 is 33.2 Å². The van der Waals surface area contributed by atoms with E-state index in [4.69, 9.17) is 11.6 Å². The summed E-state index contributed by atoms with van der Waals surface area (Å²) in [7, 11) is -4.29. The Bertz CT molecular complexity index is 1040. The van der Waals surface area contributed by atoms with E-state index in [-0.39, 0.29) is 16.4 Å². The van der Waals surface area contributed by atoms with E-state index in [1.165, 1.54) is 24.4 Å². The molecule has 0 aliphatic rings. The molecular formula is C15H10ClFN4O3S. The molecule has 3 aromatic rings. The zero-order valence-corrected chi connectivity index (χ0v) is 14.0. The third-order valence-electron chi connectivity index (χ3n) is 3.16. The van der Waals surface area contributed by atoms with Crippen molar-refractivity contribution in [3.63, 3.8) is 0 Å². The number of carbonyl (C=O) groups is 1. The molecule has 0 atom stereocenters. The van der Waals surface area contributed by atoms with E-state index in [1.54, 1.807) is 12.1 Å². The number of nitrogens with one attached hydrogen (secondary N) is 1. The summed E-state index contributed by atoms with van der Waals surface area (Å²) in [6.45, 7) is 0. The second kappa shape index (κ2) is 6.61. The van der Waals surface area contributed by atoms with Crippen molar-refractivity contribution in [3.8, 4) is 0 Å². The van der Waals surface area contributed by atoms with Crippen LogP contribution in [0.1, 0.15) is 10.5 Å². The number of carbonyl (C=O) groups excluding carboxylic acids is 1. The minimum Gasteiger partial charge on any atom is -0.318 e. The number of amides is 1. The van der Waals surface area contributed by atoms with Crippen LogP contribution in [0.5, 0.6) is 0 Å². The maximum absolute atomic E-state index is 14.0. The van der Waals surface area contributed by atoms with Gasteiger partial charge in [-0.05, 0) is 24.3 Å². The maximum atomic E-state index is 14.0. The van der Waals surface area contributed by atoms with Crippen LogP contribution in [-0.4, -0.2) is 28.5 Å². The second-order valence-electron chi connectivity index (χ2n) is 4.83. The van der Waals surface area contributed by atoms with Gasteiger partial charge in [-0.2, -0.15) is 17.6 Å². The molecule has 25 heavy (non-hydrogen) atoms. The van der Waals surface area contributed by atoms with Gasteiger partial charge in [-0.25, -0.2) is 4.39 Å². The molecular weight excluding hydrogens is 371 g/mol. The van der Waals surface area contributed by atoms with E-state index in [0.717, 1.165) is 18.5 Å². The van der Waals surface area contributed by atoms with E-state index in [9.17, 15) is 17.6 Å². The first kappa shape index (κ1) is 17.1. The summed E-state index contributed by atoms with van der Waals surface area (Å²) in [5.74, 6) is -1.61. The third-order valence-corrected chi connectivity index (χ3v) is 5.01. The minimum atomic E-state index is -4.29. The molecule has 0 aliphatic carbocycles. The molecule has 7 nitrogen and oxygen atoms in total. The molecule has 10 heteroatoms. The molecule has 0 spiro atoms. The number of nitrogens with zero attached hydrogens (tertiary/aromatic N) is 3. The van der Waals surface area contributed by atoms with E-state index >= 15 is 0 Å². The van der Waals surface area contributed by atoms with Crippen molar-refractivity contribution in [2.75, 3.05) is 5.32 Å². The number of anilines is 1. The van der Waals surface area contributed by atoms with Crippen molar-refractivity contribution in [1.29, 1.82) is 0 Å². The first-order chi connectivity index (χ1) is 11.9. The summed E-state index contributed by atoms with van der Waals surface area (Å²) >= 11 is 5.62. The van der Waals surface area contributed by atoms with Crippen LogP contribution in [0.4, 0.5) is 10.1 Å². The van der Waals surface area contributed by atoms with Gasteiger partial charge in [0.05, 0.1) is 23.1 Å². The van der Waals surface area contributed by atoms with Crippen molar-refractivity contribution in [2.24, 2.45) is 0 Å². The van der Waals surface area contributed by atoms with Crippen molar-refractivity contribution in [3.05, 3.63) is 71.5 Å². The smallest absolute Gasteiger partial charge is 0.285 e. The van der Waals surface area contributed by atoms with Gasteiger partial charge in [-0.15, -0.1) is 0 Å². The van der Waals surface area contributed by atoms with Crippen LogP contribution >= 0.6 is 11.6 Å². The zero-order chi connectivity index (χ0) is 18.0. The van der Waals surface area contributed by atoms with E-state index in [2.05, 4.69) is 15.4 Å². The Balaban J connectivity index is 1.88. The number of rotatable bonds is 4. The highest BCUT2D eigenvalue weighted by molar-refractivity contribution is 7.89. The molecule has 0 fully saturated rings. The number of benzene rings is 1. The predicted molar refractivity (Wildman–Crippen MR) is 88.4 cm³/mol. The summed E-state index contributed by atoms with van der Waals surface area (Å²) in [6, 6.07) is 8.41. The number of aromatic nitrogens is 3. The second-order valence-corrected chi connectivity index (χ2v) is 7.00. The third kappa shape index (κ3) is 3.37. The number of hydrogen-bond acceptors (Lipinski definition) is 5. The Morgan fingerprint density at radius 1 is 1.20 bits per heavy atom. The lowest BCUT2D eigenvalue weighted by atomic mass is 10.3. The molecule has 0 bridgehead atoms. The highest BCUT2D eigenvalue weighted by Crippen LogP contribution is 2.24. The Kier molecular flexibility index (Phi) is 4.51. The van der Waals surface area contributed by atoms with Gasteiger partial charge in [-0.1, -0.05) is 23.7 Å². The fraction of sp³-hybridized carbons (Fsp3) is 0. The minimum absolute atomic E-state index is 0.113. The van der Waals surface area contributed by atoms with E-state index in [0.29, 0.717) is 4.09 Å². The summed E-state index contributed by atoms with van der Waals surface area (Å²) in [4.78, 5) is 15.3. The van der Waals surface area contributed by atoms with Crippen molar-refractivity contribution in [2.45, 2.75) is 4.90 Å². The fourth-order valence-electron chi connectivity index (χ4n) is 1.98. The van der Waals surface area contributed by atoms with Crippen LogP contribution in [0.25, 0.3) is 0 Å². The Morgan fingerprint density at radius 2 is 2.00 bits per heavy atom. The highest BCUT2D eigenvalue weighted by atomic mass is 35.5. The Morgan fingerprint density at radius 3 is 2.72 bits per heavy atom. The molecule has 0 saturated carbocycles. The topological polar surface area (TPSA) is 94.0 Å². The summed E-state index contributed by atoms with van der Waals surface area (Å²) in [5, 5.41) is 5.80. The standard InChI is InChI=1S/C15H10ClFN4O3S/c16-11-4-3-6-13(14(11)17)25(23,24)21-9-10(8-19-21)20-15(22)12-5-1-2-7-18-12/h1-9H,(H,20,22). The van der Waals surface area contributed by atoms with E-state index in [1.807, 2.05) is 0 Å². The molecule has 128 valence electrons. The Labute approximate surface area is 147 Å². The summed E-state index contributed by atoms with van der Waals surface area (Å²) in [5.41, 5.74) is 0.264. The van der Waals surface area contributed by atoms with Crippen LogP contribution in [0, 0.1) is 5.82 Å². The van der Waals surface area contributed by atoms with Gasteiger partial charge in [0.1, 0.15) is 10.6 Å². The van der Waals surface area contributed by atoms with Crippen molar-refractivity contribution < 1.29 is 17.6 Å². The molecule has 1 amide bonds. The van der Waals surface area contributed by atoms with Gasteiger partial charge < -0.3 is 5.32 Å². The van der Waals surface area contributed by atoms with Gasteiger partial charge >= 0.3 is 0 Å². The lowest BCUT2D eigenvalue weighted by molar-refractivity contribution is 0.102. The van der Waals surface area contributed by atoms with Gasteiger partial charge in [0.15, 0.2) is 5.82 Å². The van der Waals surface area contributed by atoms with E-state index < -0.39 is 26.6 Å². The lowest BCUT2D eigenvalue weighted by Crippen LogP contribution is -2.16. The first-order valence-electron chi connectivity index (χ1n) is 6.86. The number of halogens is 2. The lowest BCUT2D eigenvalue weighted by Gasteiger charge is -2.06. The quantitative estimate of drug-likeness (QED) is 0.750. The molecule has 1 aromatic carbocycles. The van der Waals surface area contributed by atoms with Crippen molar-refractivity contribution in [1.82, 2.24) is 14.2 Å². The molecule has 1 N–H and O–H groups in total. The largest absolute Gasteiger partial charge is 0.318 e. The van der Waals surface area contributed by atoms with Crippen LogP contribution in [0.15, 0.2) is 59.9 Å². The molecule has 2 heterocycles. The maximum Gasteiger partial charge on any atom is 0.285 e. The molecule has 0 radical (unpaired) electrons.